The van der Waals surface area contributed by atoms with Crippen LogP contribution in [-0.2, 0) is 0 Å². The van der Waals surface area contributed by atoms with E-state index in [4.69, 9.17) is 69.3 Å². The third kappa shape index (κ3) is 9.37. The molecular weight excluding hydrogens is 1080 g/mol. The number of fused-ring (bicyclic) bond motifs is 13. The second-order valence-electron chi connectivity index (χ2n) is 21.9. The van der Waals surface area contributed by atoms with Crippen LogP contribution in [0, 0.1) is 20.8 Å². The largest absolute Gasteiger partial charge is 0.398 e. The van der Waals surface area contributed by atoms with Crippen LogP contribution in [0.3, 0.4) is 0 Å². The average molecular weight is 1150 g/mol. The lowest BCUT2D eigenvalue weighted by Crippen LogP contribution is -2.30. The summed E-state index contributed by atoms with van der Waals surface area (Å²) in [6.45, 7) is 9.77. The van der Waals surface area contributed by atoms with Gasteiger partial charge in [0, 0.05) is 168 Å². The van der Waals surface area contributed by atoms with Crippen molar-refractivity contribution in [3.8, 4) is 0 Å². The van der Waals surface area contributed by atoms with Gasteiger partial charge < -0.3 is 52.5 Å². The van der Waals surface area contributed by atoms with Gasteiger partial charge in [0.15, 0.2) is 0 Å². The van der Waals surface area contributed by atoms with Crippen molar-refractivity contribution in [1.82, 2.24) is 15.0 Å². The molecule has 4 aliphatic heterocycles. The smallest absolute Gasteiger partial charge is 0.274 e. The number of aryl methyl sites for hydroxylation is 2. The molecule has 7 heterocycles. The minimum atomic E-state index is -0.0514. The Labute approximate surface area is 486 Å². The van der Waals surface area contributed by atoms with Gasteiger partial charge in [0.2, 0.25) is 0 Å². The predicted octanol–water partition coefficient (Wildman–Crippen LogP) is 14.1. The summed E-state index contributed by atoms with van der Waals surface area (Å²) in [6, 6.07) is 34.6. The fourth-order valence-electron chi connectivity index (χ4n) is 12.9. The highest BCUT2D eigenvalue weighted by molar-refractivity contribution is 6.20. The molecule has 10 N–H and O–H groups in total. The third-order valence-electron chi connectivity index (χ3n) is 17.0. The molecule has 12 nitrogen and oxygen atoms in total. The van der Waals surface area contributed by atoms with Crippen molar-refractivity contribution in [2.75, 3.05) is 113 Å². The second kappa shape index (κ2) is 22.0. The second-order valence-corrected chi connectivity index (χ2v) is 23.1. The van der Waals surface area contributed by atoms with Crippen LogP contribution < -0.4 is 42.5 Å². The zero-order valence-corrected chi connectivity index (χ0v) is 48.9. The molecular formula is C64H67Cl4N11O. The van der Waals surface area contributed by atoms with Crippen LogP contribution in [-0.4, -0.2) is 91.7 Å². The van der Waals surface area contributed by atoms with Gasteiger partial charge >= 0.3 is 0 Å². The molecule has 0 saturated carbocycles. The number of nitrogens with two attached hydrogens (primary N) is 4. The first-order valence-electron chi connectivity index (χ1n) is 27.0. The maximum atomic E-state index is 13.6. The van der Waals surface area contributed by atoms with Crippen LogP contribution in [0.15, 0.2) is 116 Å². The Hall–Kier alpha value is -7.22. The first kappa shape index (κ1) is 54.7. The number of likely N-dealkylation sites (N-methyl/N-ethyl adjacent to an activating group) is 3. The van der Waals surface area contributed by atoms with E-state index < -0.39 is 0 Å². The van der Waals surface area contributed by atoms with Crippen molar-refractivity contribution >= 4 is 152 Å². The normalized spacial score (nSPS) is 17.8. The number of pyridine rings is 1. The molecule has 4 unspecified atom stereocenters. The van der Waals surface area contributed by atoms with Crippen LogP contribution >= 0.6 is 46.4 Å². The molecule has 1 amide bonds. The highest BCUT2D eigenvalue weighted by Gasteiger charge is 2.36. The molecule has 0 fully saturated rings. The minimum absolute atomic E-state index is 0.0514. The maximum absolute atomic E-state index is 13.6. The van der Waals surface area contributed by atoms with Gasteiger partial charge in [-0.2, -0.15) is 0 Å². The third-order valence-corrected chi connectivity index (χ3v) is 18.5. The maximum Gasteiger partial charge on any atom is 0.274 e. The number of amides is 1. The van der Waals surface area contributed by atoms with E-state index in [9.17, 15) is 4.79 Å². The van der Waals surface area contributed by atoms with Crippen LogP contribution in [0.2, 0.25) is 0 Å². The molecule has 0 spiro atoms. The van der Waals surface area contributed by atoms with Crippen LogP contribution in [0.25, 0.3) is 54.3 Å². The highest BCUT2D eigenvalue weighted by atomic mass is 35.5. The summed E-state index contributed by atoms with van der Waals surface area (Å²) in [5, 5.41) is 7.88. The molecule has 7 aromatic carbocycles. The van der Waals surface area contributed by atoms with Crippen molar-refractivity contribution in [3.05, 3.63) is 160 Å². The first-order chi connectivity index (χ1) is 38.6. The predicted molar refractivity (Wildman–Crippen MR) is 343 cm³/mol. The fraction of sp³-hybridized carbons (Fsp3) is 0.281. The number of anilines is 8. The van der Waals surface area contributed by atoms with Crippen LogP contribution in [0.4, 0.5) is 45.5 Å². The quantitative estimate of drug-likeness (QED) is 0.0723. The number of carbonyl (C=O) groups excluding carboxylic acids is 1. The monoisotopic (exact) mass is 1150 g/mol. The van der Waals surface area contributed by atoms with E-state index in [1.807, 2.05) is 65.7 Å². The highest BCUT2D eigenvalue weighted by Crippen LogP contribution is 2.47. The standard InChI is InChI=1S/C25H24ClN3O.C14H15ClN2.C13H14ClN3.C12H14ClN3/c1-13-8-16-9-21(28-24(16)15(3)14(13)2)25(30)29-12-17(11-26)23-19-7-5-4-6-18(19)20(27)10-22(23)29;1-17-8-9(7-15)14-11-5-3-2-4-10(11)12(16)6-13(14)17;1-17-7-8(6-14)12-9-3-2-4-16-13(9)10(15)5-11(12)17;1-16-6-7(5-13)11-8-2-3-15-12(8)9(14)4-10(11)16/h4-10,17,28H,11-12,27H2,1-3H3;2-6,9H,7-8,16H2,1H3;2-5,8H,6-7,15H2,1H3;2-4,7,15H,5-6,14H2,1H3. The molecule has 4 atom stereocenters. The van der Waals surface area contributed by atoms with Crippen LogP contribution in [0.1, 0.15) is 73.1 Å². The number of halogens is 4. The molecule has 3 aromatic heterocycles. The Morgan fingerprint density at radius 1 is 0.525 bits per heavy atom. The van der Waals surface area contributed by atoms with E-state index in [1.165, 1.54) is 61.2 Å². The molecule has 16 heteroatoms. The SMILES string of the molecule is CN1CC(CCl)c2c1cc(N)c1[nH]ccc21.CN1CC(CCl)c2c1cc(N)c1ccccc21.CN1CC(CCl)c2c1cc(N)c1ncccc21.Cc1cc2cc(C(=O)N3CC(CCl)c4c3cc(N)c3ccccc43)[nH]c2c(C)c1C. The number of carbonyl (C=O) groups is 1. The van der Waals surface area contributed by atoms with Crippen molar-refractivity contribution in [3.63, 3.8) is 0 Å². The van der Waals surface area contributed by atoms with Crippen molar-refractivity contribution in [1.29, 1.82) is 0 Å². The van der Waals surface area contributed by atoms with E-state index in [1.54, 1.807) is 6.20 Å². The molecule has 0 saturated heterocycles. The summed E-state index contributed by atoms with van der Waals surface area (Å²) in [4.78, 5) is 33.0. The Bertz CT molecular complexity index is 3940. The van der Waals surface area contributed by atoms with E-state index in [0.717, 1.165) is 91.4 Å². The summed E-state index contributed by atoms with van der Waals surface area (Å²) in [6.07, 6.45) is 3.71. The summed E-state index contributed by atoms with van der Waals surface area (Å²) in [7, 11) is 6.26. The lowest BCUT2D eigenvalue weighted by Gasteiger charge is -2.18. The molecule has 80 heavy (non-hydrogen) atoms. The van der Waals surface area contributed by atoms with Gasteiger partial charge in [-0.25, -0.2) is 0 Å². The van der Waals surface area contributed by atoms with Crippen molar-refractivity contribution < 1.29 is 4.79 Å². The molecule has 412 valence electrons. The number of alkyl halides is 4. The number of hydrogen-bond acceptors (Lipinski definition) is 9. The first-order valence-corrected chi connectivity index (χ1v) is 29.2. The Balaban J connectivity index is 0.000000117. The average Bonchev–Trinajstić information content (AvgIpc) is 4.44. The topological polar surface area (TPSA) is 179 Å². The van der Waals surface area contributed by atoms with Gasteiger partial charge in [0.05, 0.1) is 28.1 Å². The lowest BCUT2D eigenvalue weighted by molar-refractivity contribution is 0.0984. The van der Waals surface area contributed by atoms with E-state index in [-0.39, 0.29) is 11.8 Å². The minimum Gasteiger partial charge on any atom is -0.398 e. The van der Waals surface area contributed by atoms with Gasteiger partial charge in [0.25, 0.3) is 5.91 Å². The number of H-pyrrole nitrogens is 2. The summed E-state index contributed by atoms with van der Waals surface area (Å²) in [5.41, 5.74) is 44.4. The molecule has 10 aromatic rings. The van der Waals surface area contributed by atoms with Gasteiger partial charge in [-0.3, -0.25) is 9.78 Å². The molecule has 0 aliphatic carbocycles. The number of rotatable bonds is 5. The van der Waals surface area contributed by atoms with Crippen molar-refractivity contribution in [2.24, 2.45) is 0 Å². The van der Waals surface area contributed by atoms with Gasteiger partial charge in [0.1, 0.15) is 5.69 Å². The Kier molecular flexibility index (Phi) is 15.1. The summed E-state index contributed by atoms with van der Waals surface area (Å²) < 4.78 is 0. The van der Waals surface area contributed by atoms with Crippen molar-refractivity contribution in [2.45, 2.75) is 44.4 Å². The van der Waals surface area contributed by atoms with E-state index >= 15 is 0 Å². The van der Waals surface area contributed by atoms with Gasteiger partial charge in [-0.1, -0.05) is 54.6 Å². The molecule has 14 rings (SSSR count). The number of nitrogens with one attached hydrogen (secondary N) is 2. The van der Waals surface area contributed by atoms with Gasteiger partial charge in [-0.05, 0) is 119 Å². The number of aromatic amines is 2. The van der Waals surface area contributed by atoms with Crippen LogP contribution in [0.5, 0.6) is 0 Å². The molecule has 4 aliphatic rings. The molecule has 0 radical (unpaired) electrons. The summed E-state index contributed by atoms with van der Waals surface area (Å²) >= 11 is 24.5. The Morgan fingerprint density at radius 2 is 0.988 bits per heavy atom. The van der Waals surface area contributed by atoms with E-state index in [0.29, 0.717) is 59.2 Å². The fourth-order valence-corrected chi connectivity index (χ4v) is 13.9. The van der Waals surface area contributed by atoms with E-state index in [2.05, 4.69) is 120 Å². The number of benzene rings is 7. The number of aromatic nitrogens is 3. The lowest BCUT2D eigenvalue weighted by atomic mass is 9.95. The summed E-state index contributed by atoms with van der Waals surface area (Å²) in [5.74, 6) is 3.59. The zero-order chi connectivity index (χ0) is 56.4. The zero-order valence-electron chi connectivity index (χ0n) is 45.9. The number of hydrogen-bond donors (Lipinski definition) is 6. The van der Waals surface area contributed by atoms with Gasteiger partial charge in [-0.15, -0.1) is 46.4 Å². The number of nitrogens with zero attached hydrogens (tertiary/aromatic N) is 5. The number of nitrogen functional groups attached to an aromatic ring is 4. The molecule has 0 bridgehead atoms. The Morgan fingerprint density at radius 3 is 1.55 bits per heavy atom.